The minimum Gasteiger partial charge on any atom is -0.368 e. The largest absolute Gasteiger partial charge is 0.368 e. The Morgan fingerprint density at radius 1 is 1.08 bits per heavy atom. The Kier molecular flexibility index (Phi) is 4.26. The van der Waals surface area contributed by atoms with Crippen LogP contribution in [0.15, 0.2) is 29.6 Å². The summed E-state index contributed by atoms with van der Waals surface area (Å²) in [5.41, 5.74) is 2.64. The normalized spacial score (nSPS) is 14.6. The molecule has 1 saturated heterocycles. The molecule has 1 aliphatic rings. The van der Waals surface area contributed by atoms with E-state index in [0.717, 1.165) is 36.3 Å². The molecule has 1 N–H and O–H groups in total. The monoisotopic (exact) mass is 371 g/mol. The molecule has 126 valence electrons. The Labute approximate surface area is 153 Å². The van der Waals surface area contributed by atoms with Crippen LogP contribution in [0.2, 0.25) is 5.02 Å². The standard InChI is InChI=1S/C16H14ClN7S/c17-11-1-3-12(4-2-11)23-5-7-24(8-6-23)16-19-14(10-25-16)15-13(9-18)20-22-21-15/h1-4,10H,5-8H2,(H,20,21,22). The maximum Gasteiger partial charge on any atom is 0.192 e. The van der Waals surface area contributed by atoms with Crippen molar-refractivity contribution in [3.05, 3.63) is 40.4 Å². The van der Waals surface area contributed by atoms with Crippen molar-refractivity contribution in [3.8, 4) is 17.5 Å². The third-order valence-corrected chi connectivity index (χ3v) is 5.28. The van der Waals surface area contributed by atoms with Crippen LogP contribution in [-0.4, -0.2) is 46.6 Å². The van der Waals surface area contributed by atoms with Gasteiger partial charge in [0.05, 0.1) is 0 Å². The van der Waals surface area contributed by atoms with E-state index in [1.165, 1.54) is 5.69 Å². The molecule has 0 aliphatic carbocycles. The van der Waals surface area contributed by atoms with Gasteiger partial charge in [-0.05, 0) is 24.3 Å². The molecule has 4 rings (SSSR count). The van der Waals surface area contributed by atoms with Crippen LogP contribution in [0.1, 0.15) is 5.69 Å². The van der Waals surface area contributed by atoms with Crippen molar-refractivity contribution in [1.29, 1.82) is 5.26 Å². The molecule has 3 aromatic rings. The molecule has 0 spiro atoms. The highest BCUT2D eigenvalue weighted by Gasteiger charge is 2.21. The topological polar surface area (TPSA) is 84.7 Å². The Bertz CT molecular complexity index is 903. The molecule has 0 radical (unpaired) electrons. The second kappa shape index (κ2) is 6.70. The van der Waals surface area contributed by atoms with Crippen LogP contribution < -0.4 is 9.80 Å². The number of halogens is 1. The fraction of sp³-hybridized carbons (Fsp3) is 0.250. The van der Waals surface area contributed by atoms with Gasteiger partial charge in [0, 0.05) is 42.3 Å². The van der Waals surface area contributed by atoms with Crippen molar-refractivity contribution in [1.82, 2.24) is 20.4 Å². The van der Waals surface area contributed by atoms with Crippen LogP contribution >= 0.6 is 22.9 Å². The minimum absolute atomic E-state index is 0.268. The van der Waals surface area contributed by atoms with E-state index in [1.54, 1.807) is 11.3 Å². The van der Waals surface area contributed by atoms with Crippen molar-refractivity contribution in [2.75, 3.05) is 36.0 Å². The first-order valence-electron chi connectivity index (χ1n) is 7.77. The molecule has 3 heterocycles. The average molecular weight is 372 g/mol. The van der Waals surface area contributed by atoms with E-state index < -0.39 is 0 Å². The first kappa shape index (κ1) is 15.9. The number of piperazine rings is 1. The minimum atomic E-state index is 0.268. The Balaban J connectivity index is 1.45. The quantitative estimate of drug-likeness (QED) is 0.762. The fourth-order valence-electron chi connectivity index (χ4n) is 2.81. The van der Waals surface area contributed by atoms with E-state index in [2.05, 4.69) is 30.2 Å². The van der Waals surface area contributed by atoms with Crippen molar-refractivity contribution >= 4 is 33.8 Å². The third kappa shape index (κ3) is 3.16. The summed E-state index contributed by atoms with van der Waals surface area (Å²) in [7, 11) is 0. The van der Waals surface area contributed by atoms with Crippen LogP contribution in [0.4, 0.5) is 10.8 Å². The molecule has 0 atom stereocenters. The second-order valence-corrected chi connectivity index (χ2v) is 6.87. The SMILES string of the molecule is N#Cc1n[nH]nc1-c1csc(N2CCN(c3ccc(Cl)cc3)CC2)n1. The zero-order chi connectivity index (χ0) is 17.2. The molecular weight excluding hydrogens is 358 g/mol. The average Bonchev–Trinajstić information content (AvgIpc) is 3.31. The van der Waals surface area contributed by atoms with Gasteiger partial charge in [-0.1, -0.05) is 11.6 Å². The molecule has 0 unspecified atom stereocenters. The molecule has 25 heavy (non-hydrogen) atoms. The highest BCUT2D eigenvalue weighted by atomic mass is 35.5. The van der Waals surface area contributed by atoms with Gasteiger partial charge in [-0.2, -0.15) is 15.6 Å². The van der Waals surface area contributed by atoms with Crippen molar-refractivity contribution in [2.45, 2.75) is 0 Å². The summed E-state index contributed by atoms with van der Waals surface area (Å²) in [6, 6.07) is 9.95. The lowest BCUT2D eigenvalue weighted by molar-refractivity contribution is 0.652. The number of hydrogen-bond donors (Lipinski definition) is 1. The summed E-state index contributed by atoms with van der Waals surface area (Å²) in [5, 5.41) is 23.0. The molecule has 9 heteroatoms. The lowest BCUT2D eigenvalue weighted by Crippen LogP contribution is -2.46. The molecule has 0 saturated carbocycles. The fourth-order valence-corrected chi connectivity index (χ4v) is 3.80. The van der Waals surface area contributed by atoms with Gasteiger partial charge in [0.2, 0.25) is 0 Å². The Hall–Kier alpha value is -2.63. The second-order valence-electron chi connectivity index (χ2n) is 5.60. The van der Waals surface area contributed by atoms with E-state index in [-0.39, 0.29) is 5.69 Å². The van der Waals surface area contributed by atoms with Gasteiger partial charge in [0.25, 0.3) is 0 Å². The van der Waals surface area contributed by atoms with E-state index in [1.807, 2.05) is 35.7 Å². The van der Waals surface area contributed by atoms with E-state index in [9.17, 15) is 0 Å². The summed E-state index contributed by atoms with van der Waals surface area (Å²) in [4.78, 5) is 9.23. The Morgan fingerprint density at radius 3 is 2.52 bits per heavy atom. The van der Waals surface area contributed by atoms with E-state index in [4.69, 9.17) is 16.9 Å². The van der Waals surface area contributed by atoms with Crippen molar-refractivity contribution in [2.24, 2.45) is 0 Å². The number of H-pyrrole nitrogens is 1. The lowest BCUT2D eigenvalue weighted by Gasteiger charge is -2.36. The van der Waals surface area contributed by atoms with Gasteiger partial charge in [0.15, 0.2) is 10.8 Å². The van der Waals surface area contributed by atoms with Gasteiger partial charge in [-0.25, -0.2) is 4.98 Å². The van der Waals surface area contributed by atoms with Crippen LogP contribution in [0.25, 0.3) is 11.4 Å². The number of nitriles is 1. The van der Waals surface area contributed by atoms with Gasteiger partial charge >= 0.3 is 0 Å². The van der Waals surface area contributed by atoms with Gasteiger partial charge in [0.1, 0.15) is 17.5 Å². The zero-order valence-electron chi connectivity index (χ0n) is 13.2. The number of benzene rings is 1. The summed E-state index contributed by atoms with van der Waals surface area (Å²) < 4.78 is 0. The molecule has 1 aliphatic heterocycles. The smallest absolute Gasteiger partial charge is 0.192 e. The number of thiazole rings is 1. The highest BCUT2D eigenvalue weighted by molar-refractivity contribution is 7.14. The van der Waals surface area contributed by atoms with Crippen LogP contribution in [-0.2, 0) is 0 Å². The lowest BCUT2D eigenvalue weighted by atomic mass is 10.2. The van der Waals surface area contributed by atoms with Crippen LogP contribution in [0.5, 0.6) is 0 Å². The van der Waals surface area contributed by atoms with E-state index in [0.29, 0.717) is 11.4 Å². The van der Waals surface area contributed by atoms with Crippen molar-refractivity contribution in [3.63, 3.8) is 0 Å². The molecular formula is C16H14ClN7S. The van der Waals surface area contributed by atoms with Gasteiger partial charge in [-0.3, -0.25) is 0 Å². The first-order chi connectivity index (χ1) is 12.2. The molecule has 7 nitrogen and oxygen atoms in total. The number of aromatic nitrogens is 4. The van der Waals surface area contributed by atoms with Gasteiger partial charge < -0.3 is 9.80 Å². The zero-order valence-corrected chi connectivity index (χ0v) is 14.8. The molecule has 1 fully saturated rings. The number of aromatic amines is 1. The van der Waals surface area contributed by atoms with Crippen molar-refractivity contribution < 1.29 is 0 Å². The maximum atomic E-state index is 9.06. The number of rotatable bonds is 3. The maximum absolute atomic E-state index is 9.06. The van der Waals surface area contributed by atoms with Crippen LogP contribution in [0.3, 0.4) is 0 Å². The highest BCUT2D eigenvalue weighted by Crippen LogP contribution is 2.29. The summed E-state index contributed by atoms with van der Waals surface area (Å²) >= 11 is 7.51. The van der Waals surface area contributed by atoms with Gasteiger partial charge in [-0.15, -0.1) is 16.4 Å². The number of nitrogens with zero attached hydrogens (tertiary/aromatic N) is 6. The number of anilines is 2. The molecule has 1 aromatic carbocycles. The molecule has 2 aromatic heterocycles. The summed E-state index contributed by atoms with van der Waals surface area (Å²) in [6.45, 7) is 3.62. The molecule has 0 amide bonds. The molecule has 0 bridgehead atoms. The summed E-state index contributed by atoms with van der Waals surface area (Å²) in [5.74, 6) is 0. The summed E-state index contributed by atoms with van der Waals surface area (Å²) in [6.07, 6.45) is 0. The Morgan fingerprint density at radius 2 is 1.80 bits per heavy atom. The number of nitrogens with one attached hydrogen (secondary N) is 1. The van der Waals surface area contributed by atoms with E-state index >= 15 is 0 Å². The van der Waals surface area contributed by atoms with Crippen LogP contribution in [0, 0.1) is 11.3 Å². The predicted molar refractivity (Wildman–Crippen MR) is 98.1 cm³/mol. The first-order valence-corrected chi connectivity index (χ1v) is 9.02. The third-order valence-electron chi connectivity index (χ3n) is 4.13. The predicted octanol–water partition coefficient (Wildman–Crippen LogP) is 2.78. The number of hydrogen-bond acceptors (Lipinski definition) is 7.